The van der Waals surface area contributed by atoms with E-state index in [0.717, 1.165) is 35.1 Å². The Hall–Kier alpha value is -2.95. The highest BCUT2D eigenvalue weighted by atomic mass is 15.2. The number of benzene rings is 1. The number of hydrogen-bond donors (Lipinski definition) is 1. The lowest BCUT2D eigenvalue weighted by Crippen LogP contribution is -2.13. The largest absolute Gasteiger partial charge is 0.301 e. The lowest BCUT2D eigenvalue weighted by Gasteiger charge is -2.25. The molecule has 1 aliphatic carbocycles. The van der Waals surface area contributed by atoms with Gasteiger partial charge >= 0.3 is 0 Å². The predicted molar refractivity (Wildman–Crippen MR) is 97.5 cm³/mol. The van der Waals surface area contributed by atoms with Crippen LogP contribution in [0.25, 0.3) is 28.1 Å². The minimum atomic E-state index is 0.772. The molecule has 1 N–H and O–H groups in total. The first-order valence-corrected chi connectivity index (χ1v) is 8.79. The monoisotopic (exact) mass is 329 g/mol. The van der Waals surface area contributed by atoms with Crippen LogP contribution in [-0.2, 0) is 6.42 Å². The zero-order valence-corrected chi connectivity index (χ0v) is 13.9. The van der Waals surface area contributed by atoms with Crippen molar-refractivity contribution < 1.29 is 0 Å². The number of rotatable bonds is 4. The van der Waals surface area contributed by atoms with Crippen molar-refractivity contribution >= 4 is 11.0 Å². The van der Waals surface area contributed by atoms with E-state index in [9.17, 15) is 0 Å². The maximum absolute atomic E-state index is 4.75. The Morgan fingerprint density at radius 1 is 1.12 bits per heavy atom. The smallest absolute Gasteiger partial charge is 0.155 e. The zero-order chi connectivity index (χ0) is 16.6. The number of nitrogens with zero attached hydrogens (tertiary/aromatic N) is 4. The molecule has 1 aromatic carbocycles. The van der Waals surface area contributed by atoms with Gasteiger partial charge in [-0.1, -0.05) is 31.4 Å². The molecule has 5 heteroatoms. The van der Waals surface area contributed by atoms with Gasteiger partial charge in [-0.05, 0) is 42.2 Å². The number of nitrogens with one attached hydrogen (secondary N) is 1. The third-order valence-corrected chi connectivity index (χ3v) is 5.15. The summed E-state index contributed by atoms with van der Waals surface area (Å²) in [6.45, 7) is 0. The van der Waals surface area contributed by atoms with E-state index in [1.54, 1.807) is 0 Å². The topological polar surface area (TPSA) is 59.4 Å². The lowest BCUT2D eigenvalue weighted by atomic mass is 9.81. The van der Waals surface area contributed by atoms with Gasteiger partial charge in [-0.25, -0.2) is 9.97 Å². The molecule has 4 aromatic rings. The van der Waals surface area contributed by atoms with Crippen molar-refractivity contribution in [2.24, 2.45) is 5.92 Å². The molecule has 0 atom stereocenters. The Morgan fingerprint density at radius 3 is 2.88 bits per heavy atom. The molecule has 3 aromatic heterocycles. The third kappa shape index (κ3) is 2.61. The van der Waals surface area contributed by atoms with Crippen molar-refractivity contribution in [2.45, 2.75) is 25.7 Å². The van der Waals surface area contributed by atoms with E-state index in [2.05, 4.69) is 50.2 Å². The summed E-state index contributed by atoms with van der Waals surface area (Å²) in [4.78, 5) is 8.98. The van der Waals surface area contributed by atoms with Crippen molar-refractivity contribution in [3.63, 3.8) is 0 Å². The molecular formula is C20H19N5. The normalized spacial score (nSPS) is 14.7. The second-order valence-electron chi connectivity index (χ2n) is 6.83. The molecule has 1 fully saturated rings. The van der Waals surface area contributed by atoms with Crippen LogP contribution >= 0.6 is 0 Å². The van der Waals surface area contributed by atoms with Gasteiger partial charge in [-0.3, -0.25) is 5.10 Å². The molecule has 0 unspecified atom stereocenters. The standard InChI is InChI=1S/C20H19N5/c1-3-14(4-1)9-15-10-17-7-8-25(20(17)21-12-15)18-6-2-5-16(11-18)19-22-13-23-24-19/h2,5-8,10-14H,1,3-4,9H2,(H,22,23,24). The van der Waals surface area contributed by atoms with Crippen LogP contribution in [0.4, 0.5) is 0 Å². The first-order chi connectivity index (χ1) is 12.4. The average Bonchev–Trinajstić information content (AvgIpc) is 3.27. The minimum Gasteiger partial charge on any atom is -0.301 e. The predicted octanol–water partition coefficient (Wildman–Crippen LogP) is 4.15. The van der Waals surface area contributed by atoms with E-state index in [-0.39, 0.29) is 0 Å². The quantitative estimate of drug-likeness (QED) is 0.612. The van der Waals surface area contributed by atoms with Crippen LogP contribution in [0.2, 0.25) is 0 Å². The molecule has 5 nitrogen and oxygen atoms in total. The number of pyridine rings is 1. The fraction of sp³-hybridized carbons (Fsp3) is 0.250. The third-order valence-electron chi connectivity index (χ3n) is 5.15. The molecule has 0 saturated heterocycles. The first kappa shape index (κ1) is 14.4. The minimum absolute atomic E-state index is 0.772. The number of fused-ring (bicyclic) bond motifs is 1. The molecule has 25 heavy (non-hydrogen) atoms. The molecule has 0 spiro atoms. The molecule has 0 amide bonds. The number of aromatic nitrogens is 5. The van der Waals surface area contributed by atoms with Crippen molar-refractivity contribution in [1.82, 2.24) is 24.7 Å². The van der Waals surface area contributed by atoms with Crippen LogP contribution in [-0.4, -0.2) is 24.7 Å². The molecule has 3 heterocycles. The summed E-state index contributed by atoms with van der Waals surface area (Å²) in [6, 6.07) is 12.7. The molecule has 0 bridgehead atoms. The van der Waals surface area contributed by atoms with Gasteiger partial charge in [-0.15, -0.1) is 0 Å². The zero-order valence-electron chi connectivity index (χ0n) is 13.9. The Labute approximate surface area is 145 Å². The van der Waals surface area contributed by atoms with Crippen LogP contribution in [0, 0.1) is 5.92 Å². The van der Waals surface area contributed by atoms with Crippen LogP contribution in [0.1, 0.15) is 24.8 Å². The van der Waals surface area contributed by atoms with E-state index in [1.807, 2.05) is 18.3 Å². The summed E-state index contributed by atoms with van der Waals surface area (Å²) in [5.41, 5.74) is 4.43. The molecular weight excluding hydrogens is 310 g/mol. The fourth-order valence-electron chi connectivity index (χ4n) is 3.57. The van der Waals surface area contributed by atoms with Crippen molar-refractivity contribution in [1.29, 1.82) is 0 Å². The molecule has 0 radical (unpaired) electrons. The maximum atomic E-state index is 4.75. The summed E-state index contributed by atoms with van der Waals surface area (Å²) in [5, 5.41) is 8.04. The summed E-state index contributed by atoms with van der Waals surface area (Å²) in [7, 11) is 0. The van der Waals surface area contributed by atoms with Crippen LogP contribution < -0.4 is 0 Å². The second kappa shape index (κ2) is 5.84. The van der Waals surface area contributed by atoms with E-state index in [4.69, 9.17) is 4.98 Å². The average molecular weight is 329 g/mol. The van der Waals surface area contributed by atoms with Gasteiger partial charge in [0.25, 0.3) is 0 Å². The van der Waals surface area contributed by atoms with Gasteiger partial charge in [0.1, 0.15) is 12.0 Å². The molecule has 1 saturated carbocycles. The van der Waals surface area contributed by atoms with Gasteiger partial charge in [0, 0.05) is 29.0 Å². The van der Waals surface area contributed by atoms with Crippen molar-refractivity contribution in [3.05, 3.63) is 60.7 Å². The van der Waals surface area contributed by atoms with Gasteiger partial charge < -0.3 is 4.57 Å². The SMILES string of the molecule is c1cc(-c2ncn[nH]2)cc(-n2ccc3cc(CC4CCC4)cnc32)c1. The Kier molecular flexibility index (Phi) is 3.37. The van der Waals surface area contributed by atoms with Crippen molar-refractivity contribution in [2.75, 3.05) is 0 Å². The van der Waals surface area contributed by atoms with E-state index < -0.39 is 0 Å². The highest BCUT2D eigenvalue weighted by Gasteiger charge is 2.18. The Bertz CT molecular complexity index is 1010. The van der Waals surface area contributed by atoms with Crippen LogP contribution in [0.3, 0.4) is 0 Å². The molecule has 124 valence electrons. The molecule has 5 rings (SSSR count). The number of aromatic amines is 1. The van der Waals surface area contributed by atoms with E-state index in [1.165, 1.54) is 36.5 Å². The highest BCUT2D eigenvalue weighted by Crippen LogP contribution is 2.30. The van der Waals surface area contributed by atoms with Crippen molar-refractivity contribution in [3.8, 4) is 17.1 Å². The molecule has 1 aliphatic rings. The summed E-state index contributed by atoms with van der Waals surface area (Å²) >= 11 is 0. The molecule has 0 aliphatic heterocycles. The van der Waals surface area contributed by atoms with Crippen LogP contribution in [0.5, 0.6) is 0 Å². The number of H-pyrrole nitrogens is 1. The Morgan fingerprint density at radius 2 is 2.08 bits per heavy atom. The maximum Gasteiger partial charge on any atom is 0.155 e. The van der Waals surface area contributed by atoms with E-state index >= 15 is 0 Å². The van der Waals surface area contributed by atoms with Gasteiger partial charge in [0.15, 0.2) is 5.82 Å². The van der Waals surface area contributed by atoms with Crippen LogP contribution in [0.15, 0.2) is 55.1 Å². The highest BCUT2D eigenvalue weighted by molar-refractivity contribution is 5.79. The second-order valence-corrected chi connectivity index (χ2v) is 6.83. The van der Waals surface area contributed by atoms with E-state index in [0.29, 0.717) is 0 Å². The summed E-state index contributed by atoms with van der Waals surface area (Å²) in [6.07, 6.45) is 10.9. The van der Waals surface area contributed by atoms with Gasteiger partial charge in [0.2, 0.25) is 0 Å². The number of hydrogen-bond acceptors (Lipinski definition) is 3. The van der Waals surface area contributed by atoms with Gasteiger partial charge in [-0.2, -0.15) is 5.10 Å². The fourth-order valence-corrected chi connectivity index (χ4v) is 3.57. The van der Waals surface area contributed by atoms with Gasteiger partial charge in [0.05, 0.1) is 0 Å². The summed E-state index contributed by atoms with van der Waals surface area (Å²) < 4.78 is 2.13. The lowest BCUT2D eigenvalue weighted by molar-refractivity contribution is 0.314. The first-order valence-electron chi connectivity index (χ1n) is 8.79. The Balaban J connectivity index is 1.51. The summed E-state index contributed by atoms with van der Waals surface area (Å²) in [5.74, 6) is 1.63.